The van der Waals surface area contributed by atoms with Gasteiger partial charge in [-0.1, -0.05) is 65.0 Å². The summed E-state index contributed by atoms with van der Waals surface area (Å²) in [5.74, 6) is -0.314. The molecule has 0 spiro atoms. The van der Waals surface area contributed by atoms with Crippen LogP contribution in [-0.4, -0.2) is 47.8 Å². The fourth-order valence-corrected chi connectivity index (χ4v) is 6.95. The smallest absolute Gasteiger partial charge is 0.296 e. The first-order valence-corrected chi connectivity index (χ1v) is 15.9. The molecule has 1 unspecified atom stereocenters. The van der Waals surface area contributed by atoms with Crippen molar-refractivity contribution in [2.45, 2.75) is 23.1 Å². The molecule has 3 aromatic carbocycles. The molecule has 1 atom stereocenters. The normalized spacial score (nSPS) is 14.8. The molecule has 45 heavy (non-hydrogen) atoms. The molecule has 10 nitrogen and oxygen atoms in total. The Labute approximate surface area is 271 Å². The number of anilines is 1. The Hall–Kier alpha value is -4.52. The lowest BCUT2D eigenvalue weighted by atomic mass is 9.95. The van der Waals surface area contributed by atoms with Crippen molar-refractivity contribution in [3.05, 3.63) is 100.0 Å². The minimum Gasteiger partial charge on any atom is -0.503 e. The van der Waals surface area contributed by atoms with E-state index in [1.54, 1.807) is 42.5 Å². The summed E-state index contributed by atoms with van der Waals surface area (Å²) < 4.78 is 23.1. The van der Waals surface area contributed by atoms with Crippen molar-refractivity contribution in [1.82, 2.24) is 10.2 Å². The number of hydrogen-bond acceptors (Lipinski definition) is 11. The highest BCUT2D eigenvalue weighted by molar-refractivity contribution is 8.00. The summed E-state index contributed by atoms with van der Waals surface area (Å²) in [5.41, 5.74) is 1.72. The molecule has 230 valence electrons. The molecule has 1 aliphatic rings. The quantitative estimate of drug-likeness (QED) is 0.0867. The van der Waals surface area contributed by atoms with Crippen LogP contribution in [0.5, 0.6) is 17.2 Å². The minimum absolute atomic E-state index is 0.0647. The van der Waals surface area contributed by atoms with Crippen LogP contribution in [0, 0.1) is 0 Å². The number of rotatable bonds is 11. The van der Waals surface area contributed by atoms with Crippen LogP contribution in [0.15, 0.2) is 86.8 Å². The molecule has 13 heteroatoms. The van der Waals surface area contributed by atoms with E-state index in [-0.39, 0.29) is 16.5 Å². The maximum Gasteiger partial charge on any atom is 0.296 e. The van der Waals surface area contributed by atoms with Gasteiger partial charge in [-0.15, -0.1) is 10.2 Å². The number of fused-ring (bicyclic) bond motifs is 1. The van der Waals surface area contributed by atoms with Crippen LogP contribution in [0.3, 0.4) is 0 Å². The number of amides is 1. The van der Waals surface area contributed by atoms with Gasteiger partial charge in [0.1, 0.15) is 0 Å². The summed E-state index contributed by atoms with van der Waals surface area (Å²) in [6.07, 6.45) is 0. The summed E-state index contributed by atoms with van der Waals surface area (Å²) >= 11 is 8.62. The van der Waals surface area contributed by atoms with E-state index in [2.05, 4.69) is 10.2 Å². The van der Waals surface area contributed by atoms with E-state index >= 15 is 0 Å². The number of methoxy groups -OCH3 is 2. The molecule has 0 saturated carbocycles. The van der Waals surface area contributed by atoms with Crippen molar-refractivity contribution in [2.75, 3.05) is 25.7 Å². The molecule has 0 saturated heterocycles. The van der Waals surface area contributed by atoms with E-state index in [9.17, 15) is 14.7 Å². The largest absolute Gasteiger partial charge is 0.503 e. The predicted octanol–water partition coefficient (Wildman–Crippen LogP) is 7.43. The van der Waals surface area contributed by atoms with E-state index in [1.165, 1.54) is 42.2 Å². The number of ether oxygens (including phenoxy) is 3. The summed E-state index contributed by atoms with van der Waals surface area (Å²) in [4.78, 5) is 29.1. The number of aliphatic hydroxyl groups is 1. The molecule has 1 aliphatic heterocycles. The summed E-state index contributed by atoms with van der Waals surface area (Å²) in [6, 6.07) is 18.3. The number of Topliss-reactive ketones (excluding diaryl/α,β-unsaturated/α-hetero) is 1. The number of nitrogens with zero attached hydrogens (tertiary/aromatic N) is 3. The van der Waals surface area contributed by atoms with Crippen LogP contribution < -0.4 is 19.1 Å². The summed E-state index contributed by atoms with van der Waals surface area (Å²) in [6.45, 7) is 2.26. The number of para-hydroxylation sites is 1. The van der Waals surface area contributed by atoms with Gasteiger partial charge in [0.2, 0.25) is 10.9 Å². The number of aromatic nitrogens is 2. The van der Waals surface area contributed by atoms with Crippen molar-refractivity contribution >= 4 is 62.5 Å². The highest BCUT2D eigenvalue weighted by Gasteiger charge is 2.47. The third-order valence-electron chi connectivity index (χ3n) is 7.09. The van der Waals surface area contributed by atoms with Crippen LogP contribution in [0.1, 0.15) is 34.6 Å². The maximum atomic E-state index is 14.1. The van der Waals surface area contributed by atoms with E-state index in [0.29, 0.717) is 55.5 Å². The number of aliphatic hydroxyl groups excluding tert-OH is 1. The molecule has 0 fully saturated rings. The molecule has 0 bridgehead atoms. The monoisotopic (exact) mass is 663 g/mol. The molecule has 1 N–H and O–H groups in total. The molecule has 3 heterocycles. The van der Waals surface area contributed by atoms with Crippen LogP contribution >= 0.6 is 34.7 Å². The van der Waals surface area contributed by atoms with Crippen molar-refractivity contribution < 1.29 is 33.3 Å². The molecule has 0 radical (unpaired) electrons. The molecule has 5 aromatic rings. The van der Waals surface area contributed by atoms with E-state index in [1.807, 2.05) is 31.2 Å². The third kappa shape index (κ3) is 5.84. The van der Waals surface area contributed by atoms with Gasteiger partial charge in [-0.3, -0.25) is 14.5 Å². The number of carbonyl (C=O) groups excluding carboxylic acids is 2. The molecular weight excluding hydrogens is 638 g/mol. The number of ketones is 1. The zero-order chi connectivity index (χ0) is 31.7. The number of thioether (sulfide) groups is 1. The number of carbonyl (C=O) groups is 2. The third-order valence-corrected chi connectivity index (χ3v) is 9.46. The number of hydrogen-bond donors (Lipinski definition) is 1. The van der Waals surface area contributed by atoms with Gasteiger partial charge in [-0.2, -0.15) is 0 Å². The lowest BCUT2D eigenvalue weighted by Crippen LogP contribution is -2.31. The van der Waals surface area contributed by atoms with Gasteiger partial charge in [0.15, 0.2) is 38.7 Å². The molecule has 2 aromatic heterocycles. The Morgan fingerprint density at radius 2 is 1.82 bits per heavy atom. The first-order valence-electron chi connectivity index (χ1n) is 13.7. The Morgan fingerprint density at radius 3 is 2.56 bits per heavy atom. The van der Waals surface area contributed by atoms with Crippen LogP contribution in [-0.2, 0) is 10.5 Å². The number of benzene rings is 3. The van der Waals surface area contributed by atoms with Crippen LogP contribution in [0.4, 0.5) is 5.13 Å². The zero-order valence-corrected chi connectivity index (χ0v) is 26.7. The van der Waals surface area contributed by atoms with Crippen molar-refractivity contribution in [3.8, 4) is 17.2 Å². The lowest BCUT2D eigenvalue weighted by Gasteiger charge is -2.24. The zero-order valence-electron chi connectivity index (χ0n) is 24.3. The second-order valence-electron chi connectivity index (χ2n) is 9.77. The number of furan rings is 1. The highest BCUT2D eigenvalue weighted by atomic mass is 35.5. The Morgan fingerprint density at radius 1 is 1.04 bits per heavy atom. The van der Waals surface area contributed by atoms with Crippen molar-refractivity contribution in [2.24, 2.45) is 0 Å². The topological polar surface area (TPSA) is 124 Å². The lowest BCUT2D eigenvalue weighted by molar-refractivity contribution is -0.117. The predicted molar refractivity (Wildman–Crippen MR) is 172 cm³/mol. The number of halogens is 1. The van der Waals surface area contributed by atoms with E-state index < -0.39 is 23.5 Å². The van der Waals surface area contributed by atoms with Crippen molar-refractivity contribution in [1.29, 1.82) is 0 Å². The Kier molecular flexibility index (Phi) is 8.70. The SMILES string of the molecule is CCOc1ccc(C2C(C(=O)c3cc4cccc(OC)c4o3)=C(O)C(=O)N2c2nnc(SCc3ccc(Cl)cc3)s2)cc1OC. The molecule has 0 aliphatic carbocycles. The van der Waals surface area contributed by atoms with Gasteiger partial charge in [-0.05, 0) is 54.4 Å². The molecule has 1 amide bonds. The van der Waals surface area contributed by atoms with Gasteiger partial charge in [0.05, 0.1) is 32.4 Å². The van der Waals surface area contributed by atoms with E-state index in [0.717, 1.165) is 5.56 Å². The molecule has 6 rings (SSSR count). The standard InChI is InChI=1S/C32H26ClN3O7S2/c1-4-42-21-13-10-18(14-23(21)41-3)26-25(27(37)24-15-19-6-5-7-22(40-2)29(19)43-24)28(38)30(39)36(26)31-34-35-32(45-31)44-16-17-8-11-20(33)12-9-17/h5-15,26,38H,4,16H2,1-3H3. The second kappa shape index (κ2) is 12.8. The van der Waals surface area contributed by atoms with E-state index in [4.69, 9.17) is 30.2 Å². The highest BCUT2D eigenvalue weighted by Crippen LogP contribution is 2.46. The van der Waals surface area contributed by atoms with Gasteiger partial charge < -0.3 is 23.7 Å². The average Bonchev–Trinajstić information content (AvgIpc) is 3.77. The summed E-state index contributed by atoms with van der Waals surface area (Å²) in [5, 5.41) is 21.3. The Balaban J connectivity index is 1.40. The minimum atomic E-state index is -1.08. The van der Waals surface area contributed by atoms with Gasteiger partial charge >= 0.3 is 0 Å². The molecular formula is C32H26ClN3O7S2. The van der Waals surface area contributed by atoms with Crippen LogP contribution in [0.2, 0.25) is 5.02 Å². The average molecular weight is 664 g/mol. The maximum absolute atomic E-state index is 14.1. The van der Waals surface area contributed by atoms with Gasteiger partial charge in [0, 0.05) is 16.2 Å². The van der Waals surface area contributed by atoms with Crippen molar-refractivity contribution in [3.63, 3.8) is 0 Å². The fraction of sp³-hybridized carbons (Fsp3) is 0.188. The van der Waals surface area contributed by atoms with Crippen LogP contribution in [0.25, 0.3) is 11.0 Å². The summed E-state index contributed by atoms with van der Waals surface area (Å²) in [7, 11) is 3.00. The second-order valence-corrected chi connectivity index (χ2v) is 12.4. The first kappa shape index (κ1) is 30.5. The first-order chi connectivity index (χ1) is 21.8. The Bertz CT molecular complexity index is 1940. The van der Waals surface area contributed by atoms with Gasteiger partial charge in [0.25, 0.3) is 5.91 Å². The fourth-order valence-electron chi connectivity index (χ4n) is 5.00. The van der Waals surface area contributed by atoms with Gasteiger partial charge in [-0.25, -0.2) is 0 Å².